The molecule has 1 aromatic carbocycles. The number of piperazine rings is 1. The molecule has 0 bridgehead atoms. The zero-order valence-corrected chi connectivity index (χ0v) is 16.4. The summed E-state index contributed by atoms with van der Waals surface area (Å²) in [4.78, 5) is 13.9. The Morgan fingerprint density at radius 1 is 1.00 bits per heavy atom. The standard InChI is InChI=1S/C19H21Cl2N5/c1-13-9-19-22-11-16(26(19)14(2)23-13)12-24-5-7-25(8-6-24)15-3-4-17(20)18(21)10-15/h3-4,9-11H,5-8,12H2,1-2H3. The van der Waals surface area contributed by atoms with Crippen LogP contribution in [0.25, 0.3) is 5.65 Å². The summed E-state index contributed by atoms with van der Waals surface area (Å²) in [7, 11) is 0. The van der Waals surface area contributed by atoms with Crippen LogP contribution in [0.2, 0.25) is 10.0 Å². The van der Waals surface area contributed by atoms with E-state index in [0.717, 1.165) is 55.6 Å². The number of aryl methyl sites for hydroxylation is 2. The quantitative estimate of drug-likeness (QED) is 0.678. The summed E-state index contributed by atoms with van der Waals surface area (Å²) >= 11 is 12.2. The molecule has 26 heavy (non-hydrogen) atoms. The minimum atomic E-state index is 0.598. The Balaban J connectivity index is 1.45. The molecule has 0 spiro atoms. The second-order valence-electron chi connectivity index (χ2n) is 6.75. The molecule has 0 saturated carbocycles. The van der Waals surface area contributed by atoms with Crippen molar-refractivity contribution < 1.29 is 0 Å². The maximum atomic E-state index is 6.15. The molecular weight excluding hydrogens is 369 g/mol. The van der Waals surface area contributed by atoms with Gasteiger partial charge in [-0.1, -0.05) is 23.2 Å². The molecule has 4 rings (SSSR count). The Morgan fingerprint density at radius 2 is 1.77 bits per heavy atom. The van der Waals surface area contributed by atoms with E-state index >= 15 is 0 Å². The highest BCUT2D eigenvalue weighted by molar-refractivity contribution is 6.42. The highest BCUT2D eigenvalue weighted by Crippen LogP contribution is 2.28. The molecule has 2 aromatic heterocycles. The number of rotatable bonds is 3. The molecule has 3 aromatic rings. The first kappa shape index (κ1) is 17.6. The van der Waals surface area contributed by atoms with E-state index in [1.807, 2.05) is 44.3 Å². The van der Waals surface area contributed by atoms with Gasteiger partial charge in [0.15, 0.2) is 0 Å². The third kappa shape index (κ3) is 3.39. The largest absolute Gasteiger partial charge is 0.369 e. The molecule has 5 nitrogen and oxygen atoms in total. The van der Waals surface area contributed by atoms with Crippen molar-refractivity contribution in [1.29, 1.82) is 0 Å². The highest BCUT2D eigenvalue weighted by Gasteiger charge is 2.19. The van der Waals surface area contributed by atoms with Crippen LogP contribution in [0.1, 0.15) is 17.2 Å². The average molecular weight is 390 g/mol. The van der Waals surface area contributed by atoms with Crippen LogP contribution in [-0.4, -0.2) is 45.4 Å². The number of halogens is 2. The zero-order chi connectivity index (χ0) is 18.3. The van der Waals surface area contributed by atoms with Gasteiger partial charge in [-0.15, -0.1) is 0 Å². The van der Waals surface area contributed by atoms with Crippen molar-refractivity contribution in [3.8, 4) is 0 Å². The predicted molar refractivity (Wildman–Crippen MR) is 106 cm³/mol. The summed E-state index contributed by atoms with van der Waals surface area (Å²) in [6, 6.07) is 7.87. The van der Waals surface area contributed by atoms with Crippen molar-refractivity contribution in [2.75, 3.05) is 31.1 Å². The Labute approximate surface area is 163 Å². The third-order valence-electron chi connectivity index (χ3n) is 4.89. The van der Waals surface area contributed by atoms with Gasteiger partial charge in [0.25, 0.3) is 0 Å². The van der Waals surface area contributed by atoms with Gasteiger partial charge in [-0.2, -0.15) is 0 Å². The third-order valence-corrected chi connectivity index (χ3v) is 5.63. The van der Waals surface area contributed by atoms with Gasteiger partial charge in [0, 0.05) is 50.2 Å². The molecule has 1 aliphatic rings. The summed E-state index contributed by atoms with van der Waals surface area (Å²) in [6.07, 6.45) is 1.97. The molecule has 1 aliphatic heterocycles. The molecule has 7 heteroatoms. The number of anilines is 1. The second-order valence-corrected chi connectivity index (χ2v) is 7.56. The fraction of sp³-hybridized carbons (Fsp3) is 0.368. The number of nitrogens with zero attached hydrogens (tertiary/aromatic N) is 5. The van der Waals surface area contributed by atoms with E-state index in [1.54, 1.807) is 0 Å². The molecule has 136 valence electrons. The molecule has 0 aliphatic carbocycles. The monoisotopic (exact) mass is 389 g/mol. The predicted octanol–water partition coefficient (Wildman–Crippen LogP) is 3.98. The highest BCUT2D eigenvalue weighted by atomic mass is 35.5. The minimum Gasteiger partial charge on any atom is -0.369 e. The fourth-order valence-corrected chi connectivity index (χ4v) is 3.88. The van der Waals surface area contributed by atoms with Gasteiger partial charge in [-0.05, 0) is 32.0 Å². The summed E-state index contributed by atoms with van der Waals surface area (Å²) in [5.41, 5.74) is 4.29. The lowest BCUT2D eigenvalue weighted by molar-refractivity contribution is 0.246. The van der Waals surface area contributed by atoms with Gasteiger partial charge in [-0.3, -0.25) is 9.30 Å². The first-order chi connectivity index (χ1) is 12.5. The van der Waals surface area contributed by atoms with Crippen molar-refractivity contribution in [3.05, 3.63) is 57.7 Å². The van der Waals surface area contributed by atoms with Crippen LogP contribution in [0.15, 0.2) is 30.5 Å². The van der Waals surface area contributed by atoms with Crippen LogP contribution in [0, 0.1) is 13.8 Å². The van der Waals surface area contributed by atoms with Crippen LogP contribution < -0.4 is 4.90 Å². The summed E-state index contributed by atoms with van der Waals surface area (Å²) in [6.45, 7) is 8.83. The van der Waals surface area contributed by atoms with Crippen molar-refractivity contribution >= 4 is 34.5 Å². The van der Waals surface area contributed by atoms with E-state index in [9.17, 15) is 0 Å². The van der Waals surface area contributed by atoms with E-state index in [1.165, 1.54) is 5.69 Å². The Kier molecular flexibility index (Phi) is 4.78. The van der Waals surface area contributed by atoms with E-state index in [2.05, 4.69) is 24.2 Å². The van der Waals surface area contributed by atoms with Crippen molar-refractivity contribution in [3.63, 3.8) is 0 Å². The molecule has 1 fully saturated rings. The number of aromatic nitrogens is 3. The maximum absolute atomic E-state index is 6.15. The molecule has 0 atom stereocenters. The van der Waals surface area contributed by atoms with E-state index < -0.39 is 0 Å². The fourth-order valence-electron chi connectivity index (χ4n) is 3.59. The lowest BCUT2D eigenvalue weighted by atomic mass is 10.2. The number of hydrogen-bond acceptors (Lipinski definition) is 4. The molecule has 0 unspecified atom stereocenters. The van der Waals surface area contributed by atoms with E-state index in [0.29, 0.717) is 10.0 Å². The van der Waals surface area contributed by atoms with E-state index in [4.69, 9.17) is 23.2 Å². The lowest BCUT2D eigenvalue weighted by Gasteiger charge is -2.36. The second kappa shape index (κ2) is 7.06. The molecule has 3 heterocycles. The molecule has 1 saturated heterocycles. The van der Waals surface area contributed by atoms with Crippen LogP contribution in [0.5, 0.6) is 0 Å². The van der Waals surface area contributed by atoms with Gasteiger partial charge >= 0.3 is 0 Å². The van der Waals surface area contributed by atoms with Crippen LogP contribution >= 0.6 is 23.2 Å². The van der Waals surface area contributed by atoms with Gasteiger partial charge < -0.3 is 4.90 Å². The number of imidazole rings is 1. The van der Waals surface area contributed by atoms with Crippen LogP contribution in [0.3, 0.4) is 0 Å². The van der Waals surface area contributed by atoms with E-state index in [-0.39, 0.29) is 0 Å². The first-order valence-electron chi connectivity index (χ1n) is 8.74. The van der Waals surface area contributed by atoms with Crippen LogP contribution in [0.4, 0.5) is 5.69 Å². The van der Waals surface area contributed by atoms with Crippen molar-refractivity contribution in [1.82, 2.24) is 19.3 Å². The normalized spacial score (nSPS) is 15.8. The Hall–Kier alpha value is -1.82. The lowest BCUT2D eigenvalue weighted by Crippen LogP contribution is -2.46. The molecule has 0 N–H and O–H groups in total. The van der Waals surface area contributed by atoms with Crippen molar-refractivity contribution in [2.24, 2.45) is 0 Å². The topological polar surface area (TPSA) is 36.7 Å². The SMILES string of the molecule is Cc1cc2ncc(CN3CCN(c4ccc(Cl)c(Cl)c4)CC3)n2c(C)n1. The first-order valence-corrected chi connectivity index (χ1v) is 9.50. The molecule has 0 radical (unpaired) electrons. The Bertz CT molecular complexity index is 944. The smallest absolute Gasteiger partial charge is 0.140 e. The van der Waals surface area contributed by atoms with Crippen LogP contribution in [-0.2, 0) is 6.54 Å². The average Bonchev–Trinajstić information content (AvgIpc) is 3.01. The van der Waals surface area contributed by atoms with Gasteiger partial charge in [0.2, 0.25) is 0 Å². The molecule has 0 amide bonds. The summed E-state index contributed by atoms with van der Waals surface area (Å²) in [5, 5.41) is 1.21. The maximum Gasteiger partial charge on any atom is 0.140 e. The molecular formula is C19H21Cl2N5. The van der Waals surface area contributed by atoms with Gasteiger partial charge in [0.1, 0.15) is 11.5 Å². The number of fused-ring (bicyclic) bond motifs is 1. The number of hydrogen-bond donors (Lipinski definition) is 0. The minimum absolute atomic E-state index is 0.598. The van der Waals surface area contributed by atoms with Crippen molar-refractivity contribution in [2.45, 2.75) is 20.4 Å². The summed E-state index contributed by atoms with van der Waals surface area (Å²) in [5.74, 6) is 0.988. The zero-order valence-electron chi connectivity index (χ0n) is 14.9. The van der Waals surface area contributed by atoms with Gasteiger partial charge in [-0.25, -0.2) is 9.97 Å². The number of benzene rings is 1. The Morgan fingerprint density at radius 3 is 2.50 bits per heavy atom. The van der Waals surface area contributed by atoms with Gasteiger partial charge in [0.05, 0.1) is 21.9 Å². The summed E-state index contributed by atoms with van der Waals surface area (Å²) < 4.78 is 2.15.